The molecule has 0 aliphatic carbocycles. The molecule has 0 N–H and O–H groups in total. The number of aromatic nitrogens is 1. The van der Waals surface area contributed by atoms with Gasteiger partial charge in [-0.2, -0.15) is 0 Å². The van der Waals surface area contributed by atoms with Crippen molar-refractivity contribution in [2.24, 2.45) is 0 Å². The Bertz CT molecular complexity index is 884. The van der Waals surface area contributed by atoms with E-state index in [4.69, 9.17) is 4.42 Å². The zero-order valence-corrected chi connectivity index (χ0v) is 15.7. The molecule has 1 saturated heterocycles. The molecule has 3 aromatic rings. The maximum atomic E-state index is 12.7. The Morgan fingerprint density at radius 2 is 1.96 bits per heavy atom. The molecule has 1 amide bonds. The first-order valence-electron chi connectivity index (χ1n) is 8.66. The summed E-state index contributed by atoms with van der Waals surface area (Å²) in [5.74, 6) is 0.895. The maximum Gasteiger partial charge on any atom is 0.253 e. The van der Waals surface area contributed by atoms with E-state index >= 15 is 0 Å². The number of nitrogens with zero attached hydrogens (tertiary/aromatic N) is 3. The van der Waals surface area contributed by atoms with Crippen molar-refractivity contribution >= 4 is 17.2 Å². The van der Waals surface area contributed by atoms with Crippen molar-refractivity contribution in [1.29, 1.82) is 0 Å². The average molecular weight is 367 g/mol. The molecule has 0 spiro atoms. The number of likely N-dealkylation sites (N-methyl/N-ethyl adjacent to an activating group) is 1. The van der Waals surface area contributed by atoms with Crippen LogP contribution in [0.3, 0.4) is 0 Å². The first kappa shape index (κ1) is 17.0. The number of carbonyl (C=O) groups excluding carboxylic acids is 1. The van der Waals surface area contributed by atoms with Gasteiger partial charge in [0.15, 0.2) is 12.2 Å². The van der Waals surface area contributed by atoms with Gasteiger partial charge in [-0.1, -0.05) is 12.1 Å². The summed E-state index contributed by atoms with van der Waals surface area (Å²) in [5, 5.41) is 0. The number of hydrogen-bond donors (Lipinski definition) is 0. The molecule has 0 radical (unpaired) electrons. The van der Waals surface area contributed by atoms with Gasteiger partial charge in [-0.15, -0.1) is 11.3 Å². The molecule has 26 heavy (non-hydrogen) atoms. The van der Waals surface area contributed by atoms with Crippen LogP contribution in [0.15, 0.2) is 53.4 Å². The van der Waals surface area contributed by atoms with Gasteiger partial charge >= 0.3 is 0 Å². The van der Waals surface area contributed by atoms with Crippen LogP contribution in [0, 0.1) is 0 Å². The Morgan fingerprint density at radius 3 is 2.62 bits per heavy atom. The van der Waals surface area contributed by atoms with E-state index in [1.165, 1.54) is 6.39 Å². The lowest BCUT2D eigenvalue weighted by atomic mass is 10.1. The molecule has 1 fully saturated rings. The second-order valence-corrected chi connectivity index (χ2v) is 7.85. The molecule has 0 bridgehead atoms. The smallest absolute Gasteiger partial charge is 0.253 e. The number of benzene rings is 1. The largest absolute Gasteiger partial charge is 0.443 e. The predicted octanol–water partition coefficient (Wildman–Crippen LogP) is 3.85. The highest BCUT2D eigenvalue weighted by Crippen LogP contribution is 2.34. The Morgan fingerprint density at radius 1 is 1.19 bits per heavy atom. The number of oxazole rings is 1. The summed E-state index contributed by atoms with van der Waals surface area (Å²) in [7, 11) is 4.14. The van der Waals surface area contributed by atoms with Crippen molar-refractivity contribution in [3.05, 3.63) is 54.6 Å². The summed E-state index contributed by atoms with van der Waals surface area (Å²) in [4.78, 5) is 23.0. The predicted molar refractivity (Wildman–Crippen MR) is 103 cm³/mol. The highest BCUT2D eigenvalue weighted by atomic mass is 32.1. The van der Waals surface area contributed by atoms with E-state index in [1.807, 2.05) is 35.2 Å². The molecular weight excluding hydrogens is 346 g/mol. The van der Waals surface area contributed by atoms with E-state index in [0.29, 0.717) is 6.04 Å². The third-order valence-corrected chi connectivity index (χ3v) is 6.03. The van der Waals surface area contributed by atoms with Crippen LogP contribution < -0.4 is 0 Å². The van der Waals surface area contributed by atoms with Crippen molar-refractivity contribution in [3.8, 4) is 21.1 Å². The van der Waals surface area contributed by atoms with Crippen molar-refractivity contribution in [2.45, 2.75) is 12.5 Å². The lowest BCUT2D eigenvalue weighted by Gasteiger charge is -2.20. The number of rotatable bonds is 4. The second-order valence-electron chi connectivity index (χ2n) is 6.76. The molecule has 134 valence electrons. The summed E-state index contributed by atoms with van der Waals surface area (Å²) < 4.78 is 5.35. The van der Waals surface area contributed by atoms with Gasteiger partial charge in [-0.25, -0.2) is 4.98 Å². The molecule has 1 atom stereocenters. The van der Waals surface area contributed by atoms with Crippen LogP contribution in [0.1, 0.15) is 16.8 Å². The van der Waals surface area contributed by atoms with Crippen LogP contribution >= 0.6 is 11.3 Å². The Kier molecular flexibility index (Phi) is 4.61. The lowest BCUT2D eigenvalue weighted by Crippen LogP contribution is -2.34. The number of carbonyl (C=O) groups is 1. The molecule has 0 saturated carbocycles. The van der Waals surface area contributed by atoms with Crippen LogP contribution in [-0.2, 0) is 0 Å². The van der Waals surface area contributed by atoms with Gasteiger partial charge in [-0.05, 0) is 50.3 Å². The molecule has 6 heteroatoms. The standard InChI is InChI=1S/C20H21N3O2S/c1-22(2)16-9-10-23(12-16)20(24)15-5-3-14(4-6-15)18-7-8-19(26-18)17-11-21-13-25-17/h3-8,11,13,16H,9-10,12H2,1-2H3/t16-/m1/s1. The first-order chi connectivity index (χ1) is 12.6. The number of thiophene rings is 1. The van der Waals surface area contributed by atoms with E-state index < -0.39 is 0 Å². The van der Waals surface area contributed by atoms with Crippen molar-refractivity contribution in [3.63, 3.8) is 0 Å². The van der Waals surface area contributed by atoms with Gasteiger partial charge < -0.3 is 14.2 Å². The quantitative estimate of drug-likeness (QED) is 0.703. The molecule has 1 aliphatic rings. The maximum absolute atomic E-state index is 12.7. The molecule has 5 nitrogen and oxygen atoms in total. The minimum atomic E-state index is 0.120. The SMILES string of the molecule is CN(C)[C@@H]1CCN(C(=O)c2ccc(-c3ccc(-c4cnco4)s3)cc2)C1. The van der Waals surface area contributed by atoms with Gasteiger partial charge in [0.05, 0.1) is 11.1 Å². The highest BCUT2D eigenvalue weighted by molar-refractivity contribution is 7.18. The fraction of sp³-hybridized carbons (Fsp3) is 0.300. The Balaban J connectivity index is 1.48. The second kappa shape index (κ2) is 7.05. The van der Waals surface area contributed by atoms with E-state index in [0.717, 1.165) is 46.2 Å². The molecule has 2 aromatic heterocycles. The van der Waals surface area contributed by atoms with Crippen molar-refractivity contribution < 1.29 is 9.21 Å². The Hall–Kier alpha value is -2.44. The van der Waals surface area contributed by atoms with Crippen LogP contribution in [0.2, 0.25) is 0 Å². The molecule has 1 aliphatic heterocycles. The number of hydrogen-bond acceptors (Lipinski definition) is 5. The summed E-state index contributed by atoms with van der Waals surface area (Å²) in [6, 6.07) is 12.4. The first-order valence-corrected chi connectivity index (χ1v) is 9.48. The third kappa shape index (κ3) is 3.30. The third-order valence-electron chi connectivity index (χ3n) is 4.88. The molecule has 3 heterocycles. The topological polar surface area (TPSA) is 49.6 Å². The summed E-state index contributed by atoms with van der Waals surface area (Å²) in [6.45, 7) is 1.63. The number of likely N-dealkylation sites (tertiary alicyclic amines) is 1. The zero-order chi connectivity index (χ0) is 18.1. The summed E-state index contributed by atoms with van der Waals surface area (Å²) in [6.07, 6.45) is 4.19. The van der Waals surface area contributed by atoms with Gasteiger partial charge in [0, 0.05) is 29.6 Å². The minimum Gasteiger partial charge on any atom is -0.443 e. The van der Waals surface area contributed by atoms with Crippen molar-refractivity contribution in [2.75, 3.05) is 27.2 Å². The van der Waals surface area contributed by atoms with Crippen LogP contribution in [0.4, 0.5) is 0 Å². The van der Waals surface area contributed by atoms with Crippen LogP contribution in [0.5, 0.6) is 0 Å². The average Bonchev–Trinajstić information content (AvgIpc) is 3.42. The fourth-order valence-electron chi connectivity index (χ4n) is 3.27. The fourth-order valence-corrected chi connectivity index (χ4v) is 4.23. The van der Waals surface area contributed by atoms with E-state index in [-0.39, 0.29) is 5.91 Å². The normalized spacial score (nSPS) is 17.2. The molecule has 1 aromatic carbocycles. The number of amides is 1. The van der Waals surface area contributed by atoms with Crippen LogP contribution in [0.25, 0.3) is 21.1 Å². The van der Waals surface area contributed by atoms with Gasteiger partial charge in [0.25, 0.3) is 5.91 Å². The van der Waals surface area contributed by atoms with Gasteiger partial charge in [0.2, 0.25) is 0 Å². The molecule has 0 unspecified atom stereocenters. The Labute approximate surface area is 156 Å². The van der Waals surface area contributed by atoms with Crippen molar-refractivity contribution in [1.82, 2.24) is 14.8 Å². The van der Waals surface area contributed by atoms with E-state index in [1.54, 1.807) is 17.5 Å². The highest BCUT2D eigenvalue weighted by Gasteiger charge is 2.27. The zero-order valence-electron chi connectivity index (χ0n) is 14.9. The van der Waals surface area contributed by atoms with E-state index in [9.17, 15) is 4.79 Å². The van der Waals surface area contributed by atoms with Crippen LogP contribution in [-0.4, -0.2) is 53.9 Å². The summed E-state index contributed by atoms with van der Waals surface area (Å²) in [5.41, 5.74) is 1.85. The molecule has 4 rings (SSSR count). The monoisotopic (exact) mass is 367 g/mol. The lowest BCUT2D eigenvalue weighted by molar-refractivity contribution is 0.0783. The minimum absolute atomic E-state index is 0.120. The van der Waals surface area contributed by atoms with E-state index in [2.05, 4.69) is 30.0 Å². The summed E-state index contributed by atoms with van der Waals surface area (Å²) >= 11 is 1.65. The van der Waals surface area contributed by atoms with Gasteiger partial charge in [0.1, 0.15) is 0 Å². The molecular formula is C20H21N3O2S. The van der Waals surface area contributed by atoms with Gasteiger partial charge in [-0.3, -0.25) is 4.79 Å².